The fraction of sp³-hybridized carbons (Fsp3) is 0.381. The SMILES string of the molecule is CNS(=O)(=O)c1cc(C(=O)NCC2(c3ccc(F)cc3)CCOCC2)ccc1OC. The lowest BCUT2D eigenvalue weighted by Crippen LogP contribution is -2.44. The van der Waals surface area contributed by atoms with Crippen LogP contribution >= 0.6 is 0 Å². The molecule has 1 heterocycles. The molecule has 1 amide bonds. The number of nitrogens with one attached hydrogen (secondary N) is 2. The standard InChI is InChI=1S/C21H25FN2O5S/c1-23-30(26,27)19-13-15(3-8-18(19)28-2)20(25)24-14-21(9-11-29-12-10-21)16-4-6-17(22)7-5-16/h3-8,13,23H,9-12,14H2,1-2H3,(H,24,25). The Hall–Kier alpha value is -2.49. The Bertz CT molecular complexity index is 1000. The van der Waals surface area contributed by atoms with Crippen molar-refractivity contribution in [2.75, 3.05) is 33.9 Å². The molecule has 2 N–H and O–H groups in total. The third-order valence-corrected chi connectivity index (χ3v) is 6.91. The van der Waals surface area contributed by atoms with Gasteiger partial charge < -0.3 is 14.8 Å². The van der Waals surface area contributed by atoms with Crippen molar-refractivity contribution in [1.29, 1.82) is 0 Å². The van der Waals surface area contributed by atoms with Crippen molar-refractivity contribution in [1.82, 2.24) is 10.0 Å². The minimum Gasteiger partial charge on any atom is -0.495 e. The van der Waals surface area contributed by atoms with Gasteiger partial charge in [-0.15, -0.1) is 0 Å². The van der Waals surface area contributed by atoms with Crippen molar-refractivity contribution >= 4 is 15.9 Å². The van der Waals surface area contributed by atoms with Gasteiger partial charge in [-0.3, -0.25) is 4.79 Å². The second-order valence-electron chi connectivity index (χ2n) is 7.16. The predicted molar refractivity (Wildman–Crippen MR) is 110 cm³/mol. The van der Waals surface area contributed by atoms with E-state index >= 15 is 0 Å². The quantitative estimate of drug-likeness (QED) is 0.694. The highest BCUT2D eigenvalue weighted by atomic mass is 32.2. The number of hydrogen-bond acceptors (Lipinski definition) is 5. The van der Waals surface area contributed by atoms with Crippen LogP contribution in [0.15, 0.2) is 47.4 Å². The van der Waals surface area contributed by atoms with Crippen LogP contribution in [0.2, 0.25) is 0 Å². The summed E-state index contributed by atoms with van der Waals surface area (Å²) in [5.41, 5.74) is 0.750. The summed E-state index contributed by atoms with van der Waals surface area (Å²) in [6, 6.07) is 10.5. The van der Waals surface area contributed by atoms with Crippen LogP contribution in [0.25, 0.3) is 0 Å². The van der Waals surface area contributed by atoms with Crippen molar-refractivity contribution in [2.45, 2.75) is 23.2 Å². The molecule has 0 bridgehead atoms. The number of halogens is 1. The highest BCUT2D eigenvalue weighted by Crippen LogP contribution is 2.34. The Labute approximate surface area is 175 Å². The van der Waals surface area contributed by atoms with E-state index in [4.69, 9.17) is 9.47 Å². The molecule has 9 heteroatoms. The number of hydrogen-bond donors (Lipinski definition) is 2. The maximum atomic E-state index is 13.4. The molecule has 162 valence electrons. The number of ether oxygens (including phenoxy) is 2. The lowest BCUT2D eigenvalue weighted by molar-refractivity contribution is 0.0487. The second-order valence-corrected chi connectivity index (χ2v) is 9.01. The number of benzene rings is 2. The van der Waals surface area contributed by atoms with Crippen molar-refractivity contribution in [2.24, 2.45) is 0 Å². The molecule has 2 aromatic carbocycles. The number of carbonyl (C=O) groups excluding carboxylic acids is 1. The van der Waals surface area contributed by atoms with Crippen LogP contribution < -0.4 is 14.8 Å². The van der Waals surface area contributed by atoms with E-state index in [1.165, 1.54) is 44.5 Å². The van der Waals surface area contributed by atoms with Crippen molar-refractivity contribution in [3.05, 3.63) is 59.4 Å². The van der Waals surface area contributed by atoms with Gasteiger partial charge in [0.25, 0.3) is 5.91 Å². The van der Waals surface area contributed by atoms with E-state index in [1.807, 2.05) is 0 Å². The lowest BCUT2D eigenvalue weighted by atomic mass is 9.74. The molecule has 0 radical (unpaired) electrons. The summed E-state index contributed by atoms with van der Waals surface area (Å²) in [7, 11) is -1.15. The Balaban J connectivity index is 1.84. The van der Waals surface area contributed by atoms with Gasteiger partial charge in [-0.1, -0.05) is 12.1 Å². The highest BCUT2D eigenvalue weighted by molar-refractivity contribution is 7.89. The highest BCUT2D eigenvalue weighted by Gasteiger charge is 2.35. The van der Waals surface area contributed by atoms with E-state index in [-0.39, 0.29) is 27.4 Å². The van der Waals surface area contributed by atoms with E-state index in [0.29, 0.717) is 32.6 Å². The average molecular weight is 437 g/mol. The van der Waals surface area contributed by atoms with Crippen molar-refractivity contribution < 1.29 is 27.1 Å². The normalized spacial score (nSPS) is 16.1. The number of sulfonamides is 1. The summed E-state index contributed by atoms with van der Waals surface area (Å²) in [6.45, 7) is 1.40. The molecule has 0 unspecified atom stereocenters. The lowest BCUT2D eigenvalue weighted by Gasteiger charge is -2.38. The molecule has 1 fully saturated rings. The van der Waals surface area contributed by atoms with Gasteiger partial charge in [0.05, 0.1) is 7.11 Å². The third kappa shape index (κ3) is 4.63. The number of methoxy groups -OCH3 is 1. The molecular weight excluding hydrogens is 411 g/mol. The van der Waals surface area contributed by atoms with E-state index in [9.17, 15) is 17.6 Å². The second kappa shape index (κ2) is 9.11. The summed E-state index contributed by atoms with van der Waals surface area (Å²) in [6.07, 6.45) is 1.36. The monoisotopic (exact) mass is 436 g/mol. The largest absolute Gasteiger partial charge is 0.495 e. The fourth-order valence-electron chi connectivity index (χ4n) is 3.62. The van der Waals surface area contributed by atoms with Gasteiger partial charge >= 0.3 is 0 Å². The van der Waals surface area contributed by atoms with Crippen LogP contribution in [0.1, 0.15) is 28.8 Å². The van der Waals surface area contributed by atoms with Gasteiger partial charge in [-0.25, -0.2) is 17.5 Å². The molecule has 1 aliphatic rings. The van der Waals surface area contributed by atoms with E-state index in [0.717, 1.165) is 5.56 Å². The molecule has 0 saturated carbocycles. The van der Waals surface area contributed by atoms with Crippen LogP contribution in [0.5, 0.6) is 5.75 Å². The first-order chi connectivity index (χ1) is 14.3. The molecule has 0 aromatic heterocycles. The van der Waals surface area contributed by atoms with Crippen LogP contribution in [0.4, 0.5) is 4.39 Å². The molecule has 0 aliphatic carbocycles. The van der Waals surface area contributed by atoms with E-state index in [2.05, 4.69) is 10.0 Å². The molecular formula is C21H25FN2O5S. The number of rotatable bonds is 7. The van der Waals surface area contributed by atoms with Gasteiger partial charge in [-0.05, 0) is 55.8 Å². The minimum atomic E-state index is -3.80. The molecule has 1 saturated heterocycles. The van der Waals surface area contributed by atoms with Gasteiger partial charge in [0, 0.05) is 30.7 Å². The van der Waals surface area contributed by atoms with Crippen LogP contribution in [0, 0.1) is 5.82 Å². The van der Waals surface area contributed by atoms with E-state index in [1.54, 1.807) is 12.1 Å². The summed E-state index contributed by atoms with van der Waals surface area (Å²) in [4.78, 5) is 12.7. The average Bonchev–Trinajstić information content (AvgIpc) is 2.78. The first-order valence-electron chi connectivity index (χ1n) is 9.55. The summed E-state index contributed by atoms with van der Waals surface area (Å²) in [5.74, 6) is -0.576. The molecule has 0 atom stereocenters. The Morgan fingerprint density at radius 3 is 2.43 bits per heavy atom. The number of carbonyl (C=O) groups is 1. The smallest absolute Gasteiger partial charge is 0.251 e. The first-order valence-corrected chi connectivity index (χ1v) is 11.0. The van der Waals surface area contributed by atoms with Crippen LogP contribution in [-0.2, 0) is 20.2 Å². The van der Waals surface area contributed by atoms with Crippen molar-refractivity contribution in [3.8, 4) is 5.75 Å². The molecule has 0 spiro atoms. The minimum absolute atomic E-state index is 0.112. The van der Waals surface area contributed by atoms with Gasteiger partial charge in [-0.2, -0.15) is 0 Å². The van der Waals surface area contributed by atoms with Gasteiger partial charge in [0.1, 0.15) is 16.5 Å². The summed E-state index contributed by atoms with van der Waals surface area (Å²) in [5, 5.41) is 2.91. The van der Waals surface area contributed by atoms with Gasteiger partial charge in [0.15, 0.2) is 0 Å². The molecule has 7 nitrogen and oxygen atoms in total. The summed E-state index contributed by atoms with van der Waals surface area (Å²) < 4.78 is 50.7. The number of amides is 1. The molecule has 2 aromatic rings. The van der Waals surface area contributed by atoms with Crippen LogP contribution in [-0.4, -0.2) is 48.2 Å². The van der Waals surface area contributed by atoms with Crippen LogP contribution in [0.3, 0.4) is 0 Å². The third-order valence-electron chi connectivity index (χ3n) is 5.48. The molecule has 30 heavy (non-hydrogen) atoms. The van der Waals surface area contributed by atoms with E-state index < -0.39 is 15.9 Å². The topological polar surface area (TPSA) is 93.7 Å². The Morgan fingerprint density at radius 2 is 1.83 bits per heavy atom. The maximum Gasteiger partial charge on any atom is 0.251 e. The zero-order valence-corrected chi connectivity index (χ0v) is 17.7. The zero-order chi connectivity index (χ0) is 21.8. The van der Waals surface area contributed by atoms with Gasteiger partial charge in [0.2, 0.25) is 10.0 Å². The van der Waals surface area contributed by atoms with Crippen molar-refractivity contribution in [3.63, 3.8) is 0 Å². The fourth-order valence-corrected chi connectivity index (χ4v) is 4.54. The first kappa shape index (κ1) is 22.2. The predicted octanol–water partition coefficient (Wildman–Crippen LogP) is 2.22. The maximum absolute atomic E-state index is 13.4. The zero-order valence-electron chi connectivity index (χ0n) is 16.9. The Kier molecular flexibility index (Phi) is 6.74. The molecule has 1 aliphatic heterocycles. The summed E-state index contributed by atoms with van der Waals surface area (Å²) >= 11 is 0. The molecule has 3 rings (SSSR count). The Morgan fingerprint density at radius 1 is 1.17 bits per heavy atom.